The first-order chi connectivity index (χ1) is 7.01. The Morgan fingerprint density at radius 3 is 2.80 bits per heavy atom. The average molecular weight is 209 g/mol. The highest BCUT2D eigenvalue weighted by atomic mass is 16.2. The van der Waals surface area contributed by atoms with Crippen LogP contribution in [0.5, 0.6) is 0 Å². The van der Waals surface area contributed by atoms with Crippen molar-refractivity contribution in [2.45, 2.75) is 39.5 Å². The predicted molar refractivity (Wildman–Crippen MR) is 59.2 cm³/mol. The molecule has 1 fully saturated rings. The van der Waals surface area contributed by atoms with Gasteiger partial charge in [-0.2, -0.15) is 0 Å². The zero-order valence-corrected chi connectivity index (χ0v) is 9.58. The first kappa shape index (κ1) is 12.0. The van der Waals surface area contributed by atoms with Crippen LogP contribution in [0.3, 0.4) is 0 Å². The summed E-state index contributed by atoms with van der Waals surface area (Å²) in [7, 11) is 0. The summed E-state index contributed by atoms with van der Waals surface area (Å²) in [4.78, 5) is 24.9. The van der Waals surface area contributed by atoms with Gasteiger partial charge in [-0.1, -0.05) is 19.4 Å². The van der Waals surface area contributed by atoms with Crippen LogP contribution in [-0.4, -0.2) is 23.3 Å². The smallest absolute Gasteiger partial charge is 0.235 e. The van der Waals surface area contributed by atoms with Crippen molar-refractivity contribution in [3.05, 3.63) is 12.7 Å². The molecular weight excluding hydrogens is 190 g/mol. The molecule has 1 saturated heterocycles. The standard InChI is InChI=1S/C12H19NO2/c1-4-7-12(3)8-5-6-9-13(10(2)14)11(12)15/h4H,1,5-9H2,2-3H3/t12-/m1/s1. The number of imide groups is 1. The Bertz CT molecular complexity index is 285. The number of hydrogen-bond acceptors (Lipinski definition) is 2. The van der Waals surface area contributed by atoms with Crippen molar-refractivity contribution in [3.63, 3.8) is 0 Å². The van der Waals surface area contributed by atoms with Crippen molar-refractivity contribution in [2.24, 2.45) is 5.41 Å². The second-order valence-corrected chi connectivity index (χ2v) is 4.49. The van der Waals surface area contributed by atoms with Gasteiger partial charge in [-0.15, -0.1) is 6.58 Å². The van der Waals surface area contributed by atoms with Gasteiger partial charge in [0, 0.05) is 13.5 Å². The number of allylic oxidation sites excluding steroid dienone is 1. The van der Waals surface area contributed by atoms with Crippen molar-refractivity contribution < 1.29 is 9.59 Å². The van der Waals surface area contributed by atoms with Gasteiger partial charge in [0.05, 0.1) is 5.41 Å². The van der Waals surface area contributed by atoms with E-state index in [0.29, 0.717) is 13.0 Å². The monoisotopic (exact) mass is 209 g/mol. The average Bonchev–Trinajstić information content (AvgIpc) is 2.29. The van der Waals surface area contributed by atoms with Crippen molar-refractivity contribution in [3.8, 4) is 0 Å². The maximum Gasteiger partial charge on any atom is 0.235 e. The molecular formula is C12H19NO2. The molecule has 0 saturated carbocycles. The van der Waals surface area contributed by atoms with Crippen LogP contribution in [0.15, 0.2) is 12.7 Å². The molecule has 0 unspecified atom stereocenters. The molecule has 0 aromatic rings. The largest absolute Gasteiger partial charge is 0.282 e. The van der Waals surface area contributed by atoms with E-state index >= 15 is 0 Å². The molecule has 2 amide bonds. The number of carbonyl (C=O) groups excluding carboxylic acids is 2. The van der Waals surface area contributed by atoms with E-state index in [0.717, 1.165) is 19.3 Å². The van der Waals surface area contributed by atoms with E-state index < -0.39 is 5.41 Å². The van der Waals surface area contributed by atoms with Gasteiger partial charge in [-0.3, -0.25) is 14.5 Å². The second-order valence-electron chi connectivity index (χ2n) is 4.49. The fourth-order valence-corrected chi connectivity index (χ4v) is 2.13. The van der Waals surface area contributed by atoms with Crippen molar-refractivity contribution in [1.82, 2.24) is 4.90 Å². The maximum atomic E-state index is 12.2. The van der Waals surface area contributed by atoms with E-state index in [4.69, 9.17) is 0 Å². The van der Waals surface area contributed by atoms with Crippen LogP contribution >= 0.6 is 0 Å². The van der Waals surface area contributed by atoms with E-state index in [1.807, 2.05) is 6.92 Å². The molecule has 0 aliphatic carbocycles. The van der Waals surface area contributed by atoms with E-state index in [1.54, 1.807) is 6.08 Å². The molecule has 0 aromatic heterocycles. The molecule has 0 bridgehead atoms. The number of carbonyl (C=O) groups is 2. The highest BCUT2D eigenvalue weighted by Crippen LogP contribution is 2.33. The molecule has 1 heterocycles. The minimum Gasteiger partial charge on any atom is -0.282 e. The molecule has 3 nitrogen and oxygen atoms in total. The summed E-state index contributed by atoms with van der Waals surface area (Å²) in [6, 6.07) is 0. The van der Waals surface area contributed by atoms with Gasteiger partial charge in [0.1, 0.15) is 0 Å². The molecule has 3 heteroatoms. The van der Waals surface area contributed by atoms with Crippen LogP contribution in [0.25, 0.3) is 0 Å². The predicted octanol–water partition coefficient (Wildman–Crippen LogP) is 2.13. The molecule has 15 heavy (non-hydrogen) atoms. The maximum absolute atomic E-state index is 12.2. The van der Waals surface area contributed by atoms with Gasteiger partial charge in [0.2, 0.25) is 11.8 Å². The third-order valence-corrected chi connectivity index (χ3v) is 3.10. The summed E-state index contributed by atoms with van der Waals surface area (Å²) in [6.07, 6.45) is 5.18. The van der Waals surface area contributed by atoms with Gasteiger partial charge >= 0.3 is 0 Å². The first-order valence-electron chi connectivity index (χ1n) is 5.45. The highest BCUT2D eigenvalue weighted by Gasteiger charge is 2.38. The van der Waals surface area contributed by atoms with Crippen molar-refractivity contribution in [1.29, 1.82) is 0 Å². The molecule has 84 valence electrons. The summed E-state index contributed by atoms with van der Waals surface area (Å²) in [6.45, 7) is 7.63. The number of nitrogens with zero attached hydrogens (tertiary/aromatic N) is 1. The van der Waals surface area contributed by atoms with Gasteiger partial charge in [0.15, 0.2) is 0 Å². The normalized spacial score (nSPS) is 27.3. The summed E-state index contributed by atoms with van der Waals surface area (Å²) < 4.78 is 0. The van der Waals surface area contributed by atoms with Crippen molar-refractivity contribution >= 4 is 11.8 Å². The lowest BCUT2D eigenvalue weighted by Gasteiger charge is -2.29. The second kappa shape index (κ2) is 4.60. The molecule has 1 aliphatic rings. The third-order valence-electron chi connectivity index (χ3n) is 3.10. The van der Waals surface area contributed by atoms with E-state index in [1.165, 1.54) is 11.8 Å². The molecule has 1 aliphatic heterocycles. The van der Waals surface area contributed by atoms with Gasteiger partial charge < -0.3 is 0 Å². The Hall–Kier alpha value is -1.12. The lowest BCUT2D eigenvalue weighted by Crippen LogP contribution is -2.43. The van der Waals surface area contributed by atoms with Gasteiger partial charge in [-0.25, -0.2) is 0 Å². The van der Waals surface area contributed by atoms with Crippen LogP contribution in [0.1, 0.15) is 39.5 Å². The Kier molecular flexibility index (Phi) is 3.66. The Balaban J connectivity index is 2.92. The number of likely N-dealkylation sites (tertiary alicyclic amines) is 1. The summed E-state index contributed by atoms with van der Waals surface area (Å²) in [5, 5.41) is 0. The number of amides is 2. The van der Waals surface area contributed by atoms with Crippen molar-refractivity contribution in [2.75, 3.05) is 6.54 Å². The Morgan fingerprint density at radius 1 is 1.60 bits per heavy atom. The zero-order valence-electron chi connectivity index (χ0n) is 9.58. The van der Waals surface area contributed by atoms with Crippen LogP contribution < -0.4 is 0 Å². The minimum absolute atomic E-state index is 0.0348. The molecule has 0 radical (unpaired) electrons. The summed E-state index contributed by atoms with van der Waals surface area (Å²) >= 11 is 0. The van der Waals surface area contributed by atoms with Crippen LogP contribution in [-0.2, 0) is 9.59 Å². The van der Waals surface area contributed by atoms with E-state index in [9.17, 15) is 9.59 Å². The fourth-order valence-electron chi connectivity index (χ4n) is 2.13. The molecule has 0 spiro atoms. The molecule has 0 N–H and O–H groups in total. The SMILES string of the molecule is C=CC[C@]1(C)CCCCN(C(C)=O)C1=O. The van der Waals surface area contributed by atoms with E-state index in [2.05, 4.69) is 6.58 Å². The molecule has 1 atom stereocenters. The Morgan fingerprint density at radius 2 is 2.27 bits per heavy atom. The third kappa shape index (κ3) is 2.46. The van der Waals surface area contributed by atoms with Crippen LogP contribution in [0, 0.1) is 5.41 Å². The molecule has 0 aromatic carbocycles. The fraction of sp³-hybridized carbons (Fsp3) is 0.667. The Labute approximate surface area is 91.1 Å². The van der Waals surface area contributed by atoms with Gasteiger partial charge in [-0.05, 0) is 19.3 Å². The van der Waals surface area contributed by atoms with E-state index in [-0.39, 0.29) is 11.8 Å². The topological polar surface area (TPSA) is 37.4 Å². The zero-order chi connectivity index (χ0) is 11.5. The van der Waals surface area contributed by atoms with Gasteiger partial charge in [0.25, 0.3) is 0 Å². The lowest BCUT2D eigenvalue weighted by molar-refractivity contribution is -0.149. The van der Waals surface area contributed by atoms with Crippen LogP contribution in [0.4, 0.5) is 0 Å². The summed E-state index contributed by atoms with van der Waals surface area (Å²) in [5.74, 6) is -0.176. The first-order valence-corrected chi connectivity index (χ1v) is 5.45. The van der Waals surface area contributed by atoms with Crippen LogP contribution in [0.2, 0.25) is 0 Å². The minimum atomic E-state index is -0.427. The lowest BCUT2D eigenvalue weighted by atomic mass is 9.81. The molecule has 1 rings (SSSR count). The number of rotatable bonds is 2. The quantitative estimate of drug-likeness (QED) is 0.653. The highest BCUT2D eigenvalue weighted by molar-refractivity contribution is 5.97. The summed E-state index contributed by atoms with van der Waals surface area (Å²) in [5.41, 5.74) is -0.427. The number of hydrogen-bond donors (Lipinski definition) is 0.